The number of ether oxygens (including phenoxy) is 1. The zero-order chi connectivity index (χ0) is 31.8. The number of hydrogen-bond acceptors (Lipinski definition) is 8. The van der Waals surface area contributed by atoms with E-state index in [-0.39, 0.29) is 24.9 Å². The summed E-state index contributed by atoms with van der Waals surface area (Å²) in [6.45, 7) is 6.22. The Hall–Kier alpha value is -1.49. The highest BCUT2D eigenvalue weighted by Crippen LogP contribution is 2.36. The number of nitrogens with zero attached hydrogens (tertiary/aromatic N) is 1. The molecule has 43 heavy (non-hydrogen) atoms. The molecular formula is C33H49ClN2O4S3. The molecular weight excluding hydrogens is 620 g/mol. The number of nitrogens with two attached hydrogens (primary N) is 1. The third-order valence-corrected chi connectivity index (χ3v) is 8.88. The zero-order valence-corrected chi connectivity index (χ0v) is 28.8. The summed E-state index contributed by atoms with van der Waals surface area (Å²) in [6, 6.07) is 13.4. The Morgan fingerprint density at radius 2 is 2.05 bits per heavy atom. The van der Waals surface area contributed by atoms with E-state index in [0.29, 0.717) is 31.1 Å². The number of carbonyl (C=O) groups is 1. The smallest absolute Gasteiger partial charge is 0.248 e. The lowest BCUT2D eigenvalue weighted by molar-refractivity contribution is 0.0373. The molecule has 0 radical (unpaired) electrons. The molecule has 10 heteroatoms. The van der Waals surface area contributed by atoms with E-state index in [1.54, 1.807) is 6.07 Å². The molecule has 2 aromatic carbocycles. The third kappa shape index (κ3) is 12.8. The maximum Gasteiger partial charge on any atom is 0.248 e. The minimum Gasteiger partial charge on any atom is -0.491 e. The van der Waals surface area contributed by atoms with Gasteiger partial charge in [0.05, 0.1) is 17.9 Å². The van der Waals surface area contributed by atoms with Crippen molar-refractivity contribution < 1.29 is 19.7 Å². The first kappa shape index (κ1) is 37.7. The number of halogens is 1. The van der Waals surface area contributed by atoms with Crippen molar-refractivity contribution in [2.75, 3.05) is 37.0 Å². The molecule has 0 aliphatic carbocycles. The Bertz CT molecular complexity index is 1150. The van der Waals surface area contributed by atoms with Gasteiger partial charge in [-0.3, -0.25) is 4.79 Å². The number of aliphatic hydroxyl groups excluding tert-OH is 1. The molecule has 2 unspecified atom stereocenters. The van der Waals surface area contributed by atoms with Crippen LogP contribution >= 0.6 is 47.6 Å². The van der Waals surface area contributed by atoms with Gasteiger partial charge in [0.15, 0.2) is 0 Å². The number of allylic oxidation sites excluding steroid dienone is 1. The van der Waals surface area contributed by atoms with Gasteiger partial charge in [-0.2, -0.15) is 12.6 Å². The second-order valence-electron chi connectivity index (χ2n) is 11.6. The molecule has 1 aliphatic rings. The fourth-order valence-electron chi connectivity index (χ4n) is 5.54. The Balaban J connectivity index is 0.00000316. The van der Waals surface area contributed by atoms with E-state index >= 15 is 0 Å². The highest BCUT2D eigenvalue weighted by atomic mass is 35.5. The molecule has 0 spiro atoms. The number of aliphatic hydroxyl groups is 2. The topological polar surface area (TPSA) is 96.0 Å². The van der Waals surface area contributed by atoms with E-state index in [0.717, 1.165) is 60.9 Å². The Morgan fingerprint density at radius 3 is 2.70 bits per heavy atom. The summed E-state index contributed by atoms with van der Waals surface area (Å²) in [4.78, 5) is 14.3. The van der Waals surface area contributed by atoms with Crippen LogP contribution in [0, 0.1) is 17.8 Å². The number of primary amides is 1. The summed E-state index contributed by atoms with van der Waals surface area (Å²) in [5.74, 6) is 1.90. The maximum absolute atomic E-state index is 12.0. The Kier molecular flexibility index (Phi) is 17.4. The van der Waals surface area contributed by atoms with Crippen molar-refractivity contribution in [3.8, 4) is 5.75 Å². The van der Waals surface area contributed by atoms with Crippen molar-refractivity contribution in [2.24, 2.45) is 23.5 Å². The van der Waals surface area contributed by atoms with E-state index < -0.39 is 11.5 Å². The van der Waals surface area contributed by atoms with Crippen LogP contribution in [0.3, 0.4) is 0 Å². The molecule has 3 rings (SSSR count). The van der Waals surface area contributed by atoms with Gasteiger partial charge in [0.2, 0.25) is 5.91 Å². The zero-order valence-electron chi connectivity index (χ0n) is 25.4. The Labute approximate surface area is 279 Å². The van der Waals surface area contributed by atoms with E-state index in [9.17, 15) is 15.0 Å². The molecule has 0 bridgehead atoms. The van der Waals surface area contributed by atoms with Crippen LogP contribution in [0.1, 0.15) is 68.3 Å². The highest BCUT2D eigenvalue weighted by molar-refractivity contribution is 8.59. The van der Waals surface area contributed by atoms with Crippen molar-refractivity contribution in [2.45, 2.75) is 64.4 Å². The van der Waals surface area contributed by atoms with Gasteiger partial charge in [0, 0.05) is 42.6 Å². The van der Waals surface area contributed by atoms with Gasteiger partial charge in [-0.1, -0.05) is 56.2 Å². The quantitative estimate of drug-likeness (QED) is 0.0653. The molecule has 1 heterocycles. The van der Waals surface area contributed by atoms with E-state index in [4.69, 9.17) is 22.1 Å². The fraction of sp³-hybridized carbons (Fsp3) is 0.545. The summed E-state index contributed by atoms with van der Waals surface area (Å²) in [6.07, 6.45) is 9.33. The van der Waals surface area contributed by atoms with Crippen LogP contribution in [-0.4, -0.2) is 53.8 Å². The van der Waals surface area contributed by atoms with Crippen LogP contribution in [-0.2, 0) is 6.42 Å². The maximum atomic E-state index is 12.0. The van der Waals surface area contributed by atoms with E-state index in [1.807, 2.05) is 42.5 Å². The van der Waals surface area contributed by atoms with Gasteiger partial charge in [0.1, 0.15) is 5.75 Å². The standard InChI is InChI=1S/C33H47ClN2O4S.H2S2/c1-3-25(19-33(39,15-16-37)14-6-7-24(2)23-41)20-36-21-27(10-4-8-26-9-5-11-29(34)17-26)22-40-31-13-12-28(32(35)38)18-30(31)36;1-2/h5-6,9,11-14,17-18,24-25,27,37,39,41H,3-4,7-8,10,15-16,19-23H2,1-2H3,(H2,35,38);1-2H/b14-6+;/t24-,25+,27?,33?;/m0./s1. The number of anilines is 1. The molecule has 0 aromatic heterocycles. The van der Waals surface area contributed by atoms with Gasteiger partial charge >= 0.3 is 0 Å². The molecule has 0 saturated heterocycles. The molecule has 2 aromatic rings. The highest BCUT2D eigenvalue weighted by Gasteiger charge is 2.31. The average Bonchev–Trinajstić information content (AvgIpc) is 3.16. The number of rotatable bonds is 16. The van der Waals surface area contributed by atoms with E-state index in [2.05, 4.69) is 60.8 Å². The van der Waals surface area contributed by atoms with Crippen LogP contribution in [0.25, 0.3) is 0 Å². The van der Waals surface area contributed by atoms with Crippen LogP contribution in [0.2, 0.25) is 5.02 Å². The van der Waals surface area contributed by atoms with Crippen LogP contribution in [0.5, 0.6) is 5.75 Å². The first-order chi connectivity index (χ1) is 20.7. The van der Waals surface area contributed by atoms with Gasteiger partial charge in [-0.15, -0.1) is 23.3 Å². The van der Waals surface area contributed by atoms with Crippen LogP contribution in [0.4, 0.5) is 5.69 Å². The second-order valence-corrected chi connectivity index (χ2v) is 12.4. The van der Waals surface area contributed by atoms with Gasteiger partial charge < -0.3 is 25.6 Å². The first-order valence-corrected chi connectivity index (χ1v) is 17.6. The SMILES string of the molecule is CC[C@@H](CN1CC(CCCc2cccc(Cl)c2)COc2ccc(C(N)=O)cc21)CC(O)(/C=C/C[C@H](C)CS)CCO.SS. The largest absolute Gasteiger partial charge is 0.491 e. The summed E-state index contributed by atoms with van der Waals surface area (Å²) in [5.41, 5.74) is 7.08. The number of thiol groups is 3. The second kappa shape index (κ2) is 19.8. The minimum absolute atomic E-state index is 0.0868. The molecule has 4 atom stereocenters. The third-order valence-electron chi connectivity index (χ3n) is 8.03. The molecule has 1 aliphatic heterocycles. The van der Waals surface area contributed by atoms with Crippen molar-refractivity contribution >= 4 is 59.1 Å². The number of carbonyl (C=O) groups excluding carboxylic acids is 1. The average molecular weight is 669 g/mol. The van der Waals surface area contributed by atoms with Crippen molar-refractivity contribution in [3.05, 3.63) is 70.8 Å². The predicted molar refractivity (Wildman–Crippen MR) is 190 cm³/mol. The molecule has 240 valence electrons. The summed E-state index contributed by atoms with van der Waals surface area (Å²) in [5, 5.41) is 22.0. The van der Waals surface area contributed by atoms with Crippen molar-refractivity contribution in [1.29, 1.82) is 0 Å². The summed E-state index contributed by atoms with van der Waals surface area (Å²) >= 11 is 17.0. The predicted octanol–water partition coefficient (Wildman–Crippen LogP) is 7.08. The first-order valence-electron chi connectivity index (χ1n) is 15.0. The van der Waals surface area contributed by atoms with Crippen molar-refractivity contribution in [1.82, 2.24) is 0 Å². The lowest BCUT2D eigenvalue weighted by atomic mass is 9.85. The molecule has 0 saturated carbocycles. The summed E-state index contributed by atoms with van der Waals surface area (Å²) < 4.78 is 6.27. The van der Waals surface area contributed by atoms with Crippen molar-refractivity contribution in [3.63, 3.8) is 0 Å². The molecule has 6 nitrogen and oxygen atoms in total. The Morgan fingerprint density at radius 1 is 1.28 bits per heavy atom. The number of fused-ring (bicyclic) bond motifs is 1. The summed E-state index contributed by atoms with van der Waals surface area (Å²) in [7, 11) is 0. The van der Waals surface area contributed by atoms with Gasteiger partial charge in [-0.25, -0.2) is 0 Å². The van der Waals surface area contributed by atoms with Gasteiger partial charge in [0.25, 0.3) is 0 Å². The van der Waals surface area contributed by atoms with Gasteiger partial charge in [-0.05, 0) is 85.6 Å². The lowest BCUT2D eigenvalue weighted by Gasteiger charge is -2.34. The molecule has 1 amide bonds. The minimum atomic E-state index is -1.09. The monoisotopic (exact) mass is 668 g/mol. The fourth-order valence-corrected chi connectivity index (χ4v) is 5.90. The normalized spacial score (nSPS) is 17.6. The van der Waals surface area contributed by atoms with Crippen LogP contribution < -0.4 is 15.4 Å². The molecule has 0 fully saturated rings. The van der Waals surface area contributed by atoms with Crippen LogP contribution in [0.15, 0.2) is 54.6 Å². The lowest BCUT2D eigenvalue weighted by Crippen LogP contribution is -2.38. The number of aryl methyl sites for hydroxylation is 1. The number of hydrogen-bond donors (Lipinski definition) is 6. The molecule has 4 N–H and O–H groups in total. The number of benzene rings is 2. The van der Waals surface area contributed by atoms with E-state index in [1.165, 1.54) is 5.56 Å². The number of amides is 1.